The van der Waals surface area contributed by atoms with E-state index in [1.54, 1.807) is 56.3 Å². The minimum Gasteiger partial charge on any atom is -0.483 e. The number of hydrogen-bond acceptors (Lipinski definition) is 25. The third-order valence-electron chi connectivity index (χ3n) is 21.5. The summed E-state index contributed by atoms with van der Waals surface area (Å²) in [5, 5.41) is 42.6. The third kappa shape index (κ3) is 20.6. The molecule has 0 bridgehead atoms. The highest BCUT2D eigenvalue weighted by Crippen LogP contribution is 2.44. The van der Waals surface area contributed by atoms with Crippen molar-refractivity contribution in [1.82, 2.24) is 65.9 Å². The second-order valence-electron chi connectivity index (χ2n) is 30.3. The molecule has 4 atom stereocenters. The fraction of sp³-hybridized carbons (Fsp3) is 0.402. The van der Waals surface area contributed by atoms with E-state index in [0.717, 1.165) is 88.6 Å². The topological polar surface area (TPSA) is 440 Å². The Balaban J connectivity index is 0.000000189. The Hall–Kier alpha value is -12.3. The molecule has 33 nitrogen and oxygen atoms in total. The predicted octanol–water partition coefficient (Wildman–Crippen LogP) is 11.2. The number of methoxy groups -OCH3 is 1. The van der Waals surface area contributed by atoms with Gasteiger partial charge in [-0.3, -0.25) is 102 Å². The number of ketones is 1. The molecule has 650 valence electrons. The van der Waals surface area contributed by atoms with Crippen LogP contribution in [-0.2, 0) is 43.1 Å². The Morgan fingerprint density at radius 1 is 0.508 bits per heavy atom. The number of aliphatic imine (C=N–C) groups is 2. The molecule has 124 heavy (non-hydrogen) atoms. The molecule has 10 heterocycles. The number of halogens is 2. The summed E-state index contributed by atoms with van der Waals surface area (Å²) in [6.45, 7) is 11.8. The van der Waals surface area contributed by atoms with E-state index in [0.29, 0.717) is 91.0 Å². The number of esters is 1. The van der Waals surface area contributed by atoms with Crippen molar-refractivity contribution in [3.8, 4) is 21.5 Å². The SMILES string of the molecule is CC(=O)C[C@H]1N=C(c2ccc(Cl)cc2)c2c(sc(C)c2C(=O)O)-n2c(C)nnc21.CCCCCCCCCNC(=O)COc1cccc2c1C(=O)N(C1CCC(=O)NC1=O)C2=O.COC(=O)C[C@@H]1N=C(c2ccc(Cl)cc2)c2c(sc(C)c2C(=O)NCCCCCCCCNC(=O)COc2cccc3c2C(=O)N(C2CCC(=O)NC2=O)C3=O)-n2c(C)nnc21. The zero-order valence-corrected chi connectivity index (χ0v) is 72.4. The highest BCUT2D eigenvalue weighted by molar-refractivity contribution is 7.15. The number of carboxylic acid groups (broad SMARTS) is 1. The number of nitrogens with zero attached hydrogens (tertiary/aromatic N) is 10. The lowest BCUT2D eigenvalue weighted by molar-refractivity contribution is -0.141. The van der Waals surface area contributed by atoms with Crippen molar-refractivity contribution < 1.29 is 86.4 Å². The van der Waals surface area contributed by atoms with Gasteiger partial charge in [0.15, 0.2) is 24.9 Å². The van der Waals surface area contributed by atoms with Gasteiger partial charge in [-0.1, -0.05) is 131 Å². The van der Waals surface area contributed by atoms with E-state index in [1.165, 1.54) is 92.7 Å². The number of nitrogens with one attached hydrogen (secondary N) is 5. The van der Waals surface area contributed by atoms with Crippen LogP contribution in [0.25, 0.3) is 10.0 Å². The van der Waals surface area contributed by atoms with Crippen molar-refractivity contribution in [2.24, 2.45) is 9.98 Å². The van der Waals surface area contributed by atoms with Gasteiger partial charge in [0.05, 0.1) is 63.9 Å². The maximum absolute atomic E-state index is 14.0. The summed E-state index contributed by atoms with van der Waals surface area (Å²) in [7, 11) is 1.32. The van der Waals surface area contributed by atoms with Crippen LogP contribution in [0.2, 0.25) is 10.0 Å². The van der Waals surface area contributed by atoms with Crippen LogP contribution in [0, 0.1) is 27.7 Å². The Labute approximate surface area is 730 Å². The molecule has 0 aliphatic carbocycles. The van der Waals surface area contributed by atoms with Crippen LogP contribution in [0.3, 0.4) is 0 Å². The van der Waals surface area contributed by atoms with Crippen molar-refractivity contribution in [3.63, 3.8) is 0 Å². The molecule has 14 rings (SSSR count). The van der Waals surface area contributed by atoms with Crippen molar-refractivity contribution in [2.75, 3.05) is 40.0 Å². The largest absolute Gasteiger partial charge is 0.483 e. The average molecular weight is 1770 g/mol. The Bertz CT molecular complexity index is 5600. The summed E-state index contributed by atoms with van der Waals surface area (Å²) < 4.78 is 19.9. The van der Waals surface area contributed by atoms with Gasteiger partial charge in [0, 0.05) is 75.4 Å². The number of amides is 11. The lowest BCUT2D eigenvalue weighted by atomic mass is 9.98. The zero-order valence-electron chi connectivity index (χ0n) is 69.3. The summed E-state index contributed by atoms with van der Waals surface area (Å²) in [4.78, 5) is 188. The van der Waals surface area contributed by atoms with E-state index in [2.05, 4.69) is 53.9 Å². The van der Waals surface area contributed by atoms with Crippen LogP contribution < -0.4 is 36.1 Å². The molecule has 37 heteroatoms. The molecule has 0 radical (unpaired) electrons. The van der Waals surface area contributed by atoms with Crippen LogP contribution in [0.5, 0.6) is 11.5 Å². The molecule has 4 aromatic carbocycles. The van der Waals surface area contributed by atoms with E-state index in [9.17, 15) is 72.2 Å². The molecule has 6 aliphatic heterocycles. The quantitative estimate of drug-likeness (QED) is 0.0126. The molecule has 2 unspecified atom stereocenters. The second kappa shape index (κ2) is 41.2. The number of aromatic carboxylic acids is 1. The number of carbonyl (C=O) groups is 14. The van der Waals surface area contributed by atoms with Gasteiger partial charge in [-0.15, -0.1) is 43.1 Å². The molecule has 11 amide bonds. The van der Waals surface area contributed by atoms with Crippen molar-refractivity contribution in [3.05, 3.63) is 184 Å². The Morgan fingerprint density at radius 3 is 1.32 bits per heavy atom. The number of piperidine rings is 2. The van der Waals surface area contributed by atoms with Crippen LogP contribution in [0.15, 0.2) is 94.9 Å². The maximum atomic E-state index is 14.0. The molecule has 2 saturated heterocycles. The monoisotopic (exact) mass is 1770 g/mol. The lowest BCUT2D eigenvalue weighted by Crippen LogP contribution is -2.54. The number of hydrogen-bond donors (Lipinski definition) is 6. The number of benzene rings is 4. The molecule has 4 aromatic heterocycles. The number of carboxylic acids is 1. The van der Waals surface area contributed by atoms with Gasteiger partial charge >= 0.3 is 11.9 Å². The number of fused-ring (bicyclic) bond motifs is 8. The molecule has 0 saturated carbocycles. The number of carbonyl (C=O) groups excluding carboxylic acids is 13. The van der Waals surface area contributed by atoms with Crippen molar-refractivity contribution >= 4 is 140 Å². The molecular formula is C87H93Cl2N15O18S2. The minimum absolute atomic E-state index is 0.00734. The first-order valence-corrected chi connectivity index (χ1v) is 43.3. The van der Waals surface area contributed by atoms with Crippen LogP contribution in [0.1, 0.15) is 265 Å². The first-order chi connectivity index (χ1) is 59.6. The van der Waals surface area contributed by atoms with Gasteiger partial charge in [0.25, 0.3) is 41.4 Å². The standard InChI is InChI=1S/C43H45ClN8O9S.C24H31N3O6.C20H17ClN4O3S/c1-23-34(36-37(25-13-15-26(44)16-14-25)47-28(21-33(55)60-3)38-50-49-24(2)51(38)43(36)62-23)40(57)46-20-9-7-5-4-6-8-19-45-32(54)22-61-30-12-10-11-27-35(30)42(59)52(41(27)58)29-17-18-31(53)48-39(29)56;1-2-3-4-5-6-7-8-14-25-20(29)15-33-18-11-9-10-16-21(18)24(32)27(23(16)31)17-12-13-19(28)26-22(17)30;1-9(26)8-14-18-24-23-11(3)25(18)19-16(15(20(27)28)10(2)29-19)17(22-14)12-4-6-13(21)7-5-12/h10-16,28-29H,4-9,17-22H2,1-3H3,(H,45,54)(H,46,57)(H,48,53,56);9-11,17H,2-8,12-15H2,1H3,(H,25,29)(H,26,28,30);4-7,14H,8H2,1-3H3,(H,27,28)/t28-,29?;;14-/m0.1/s1. The second-order valence-corrected chi connectivity index (χ2v) is 33.6. The number of imide groups is 4. The summed E-state index contributed by atoms with van der Waals surface area (Å²) in [6, 6.07) is 19.9. The van der Waals surface area contributed by atoms with E-state index < -0.39 is 83.4 Å². The smallest absolute Gasteiger partial charge is 0.337 e. The fourth-order valence-corrected chi connectivity index (χ4v) is 18.1. The number of Topliss-reactive ketones (excluding diaryl/α,β-unsaturated/α-hetero) is 1. The lowest BCUT2D eigenvalue weighted by Gasteiger charge is -2.27. The van der Waals surface area contributed by atoms with Gasteiger partial charge in [0.2, 0.25) is 23.6 Å². The average Bonchev–Trinajstić information content (AvgIpc) is 1.76. The number of ether oxygens (including phenoxy) is 3. The summed E-state index contributed by atoms with van der Waals surface area (Å²) in [6.07, 6.45) is 13.4. The highest BCUT2D eigenvalue weighted by atomic mass is 35.5. The van der Waals surface area contributed by atoms with Gasteiger partial charge in [0.1, 0.15) is 63.1 Å². The number of unbranched alkanes of at least 4 members (excludes halogenated alkanes) is 11. The Morgan fingerprint density at radius 2 is 0.911 bits per heavy atom. The van der Waals surface area contributed by atoms with Crippen molar-refractivity contribution in [1.29, 1.82) is 0 Å². The third-order valence-corrected chi connectivity index (χ3v) is 24.2. The molecule has 6 N–H and O–H groups in total. The molecular weight excluding hydrogens is 1680 g/mol. The van der Waals surface area contributed by atoms with Crippen LogP contribution in [0.4, 0.5) is 0 Å². The fourth-order valence-electron chi connectivity index (χ4n) is 15.4. The first kappa shape index (κ1) is 90.9. The molecule has 6 aliphatic rings. The highest BCUT2D eigenvalue weighted by Gasteiger charge is 2.48. The Kier molecular flexibility index (Phi) is 30.2. The predicted molar refractivity (Wildman–Crippen MR) is 457 cm³/mol. The molecule has 8 aromatic rings. The summed E-state index contributed by atoms with van der Waals surface area (Å²) >= 11 is 15.1. The van der Waals surface area contributed by atoms with Gasteiger partial charge in [-0.25, -0.2) is 4.79 Å². The molecule has 2 fully saturated rings. The van der Waals surface area contributed by atoms with E-state index in [1.807, 2.05) is 35.1 Å². The van der Waals surface area contributed by atoms with Gasteiger partial charge < -0.3 is 35.3 Å². The van der Waals surface area contributed by atoms with Gasteiger partial charge in [-0.2, -0.15) is 0 Å². The number of aryl methyl sites for hydroxylation is 4. The van der Waals surface area contributed by atoms with Crippen molar-refractivity contribution in [2.45, 2.75) is 188 Å². The molecule has 0 spiro atoms. The van der Waals surface area contributed by atoms with Crippen LogP contribution in [-0.4, -0.2) is 191 Å². The van der Waals surface area contributed by atoms with Gasteiger partial charge in [-0.05, 0) is 115 Å². The maximum Gasteiger partial charge on any atom is 0.337 e. The minimum atomic E-state index is -1.10. The van der Waals surface area contributed by atoms with E-state index in [4.69, 9.17) is 47.4 Å². The normalized spacial score (nSPS) is 16.7. The zero-order chi connectivity index (χ0) is 88.7. The first-order valence-electron chi connectivity index (χ1n) is 40.9. The number of thiophene rings is 2. The number of aromatic nitrogens is 6. The van der Waals surface area contributed by atoms with E-state index >= 15 is 0 Å². The number of rotatable bonds is 33. The van der Waals surface area contributed by atoms with Crippen LogP contribution >= 0.6 is 45.9 Å². The van der Waals surface area contributed by atoms with E-state index in [-0.39, 0.29) is 115 Å². The summed E-state index contributed by atoms with van der Waals surface area (Å²) in [5.74, 6) is -4.97. The summed E-state index contributed by atoms with van der Waals surface area (Å²) in [5.41, 5.74) is 4.55.